The summed E-state index contributed by atoms with van der Waals surface area (Å²) in [7, 11) is 0. The number of tetrazole rings is 1. The van der Waals surface area contributed by atoms with Crippen molar-refractivity contribution < 1.29 is 9.53 Å². The Labute approximate surface area is 178 Å². The number of carbonyl (C=O) groups excluding carboxylic acids is 1. The lowest BCUT2D eigenvalue weighted by Crippen LogP contribution is -2.19. The number of rotatable bonds is 13. The Hall–Kier alpha value is -3.02. The number of aryl methyl sites for hydroxylation is 1. The zero-order valence-electron chi connectivity index (χ0n) is 17.7. The van der Waals surface area contributed by atoms with E-state index < -0.39 is 0 Å². The van der Waals surface area contributed by atoms with Crippen molar-refractivity contribution in [2.45, 2.75) is 58.4 Å². The molecule has 0 unspecified atom stereocenters. The first-order valence-corrected chi connectivity index (χ1v) is 10.8. The van der Waals surface area contributed by atoms with Crippen molar-refractivity contribution in [1.29, 1.82) is 0 Å². The molecule has 2 aromatic carbocycles. The topological polar surface area (TPSA) is 69.9 Å². The zero-order chi connectivity index (χ0) is 21.0. The van der Waals surface area contributed by atoms with Gasteiger partial charge in [-0.3, -0.25) is 4.79 Å². The third-order valence-corrected chi connectivity index (χ3v) is 5.03. The van der Waals surface area contributed by atoms with Gasteiger partial charge in [0.05, 0.1) is 0 Å². The molecule has 0 saturated carbocycles. The van der Waals surface area contributed by atoms with Crippen molar-refractivity contribution in [3.63, 3.8) is 0 Å². The number of benzene rings is 2. The van der Waals surface area contributed by atoms with Crippen LogP contribution in [-0.4, -0.2) is 32.6 Å². The van der Waals surface area contributed by atoms with Crippen LogP contribution in [0.15, 0.2) is 54.6 Å². The van der Waals surface area contributed by atoms with Crippen molar-refractivity contribution in [2.24, 2.45) is 0 Å². The van der Waals surface area contributed by atoms with E-state index in [1.807, 2.05) is 42.5 Å². The number of carbonyl (C=O) groups is 1. The molecule has 158 valence electrons. The quantitative estimate of drug-likeness (QED) is 0.378. The Morgan fingerprint density at radius 2 is 1.67 bits per heavy atom. The fourth-order valence-corrected chi connectivity index (χ4v) is 3.34. The van der Waals surface area contributed by atoms with Crippen molar-refractivity contribution in [3.05, 3.63) is 60.2 Å². The summed E-state index contributed by atoms with van der Waals surface area (Å²) in [4.78, 5) is 12.3. The van der Waals surface area contributed by atoms with E-state index in [-0.39, 0.29) is 18.9 Å². The fourth-order valence-electron chi connectivity index (χ4n) is 3.34. The van der Waals surface area contributed by atoms with E-state index in [1.165, 1.54) is 48.8 Å². The summed E-state index contributed by atoms with van der Waals surface area (Å²) in [6.45, 7) is 2.31. The smallest absolute Gasteiger partial charge is 0.191 e. The van der Waals surface area contributed by atoms with Crippen LogP contribution in [-0.2, 0) is 17.8 Å². The molecule has 0 radical (unpaired) electrons. The Kier molecular flexibility index (Phi) is 8.57. The normalized spacial score (nSPS) is 10.8. The minimum atomic E-state index is -0.0874. The molecule has 0 aliphatic heterocycles. The second-order valence-electron chi connectivity index (χ2n) is 7.52. The van der Waals surface area contributed by atoms with Gasteiger partial charge in [-0.15, -0.1) is 5.10 Å². The van der Waals surface area contributed by atoms with Gasteiger partial charge in [-0.1, -0.05) is 81.5 Å². The number of nitrogens with zero attached hydrogens (tertiary/aromatic N) is 4. The van der Waals surface area contributed by atoms with Gasteiger partial charge in [-0.05, 0) is 41.0 Å². The van der Waals surface area contributed by atoms with Crippen molar-refractivity contribution in [1.82, 2.24) is 20.2 Å². The molecule has 0 bridgehead atoms. The van der Waals surface area contributed by atoms with Crippen LogP contribution in [0.2, 0.25) is 0 Å². The van der Waals surface area contributed by atoms with Crippen LogP contribution in [0.4, 0.5) is 0 Å². The van der Waals surface area contributed by atoms with Crippen LogP contribution in [0.25, 0.3) is 11.4 Å². The van der Waals surface area contributed by atoms with Gasteiger partial charge >= 0.3 is 0 Å². The number of Topliss-reactive ketones (excluding diaryl/α,β-unsaturated/α-hetero) is 1. The lowest BCUT2D eigenvalue weighted by atomic mass is 10.0. The molecule has 0 spiro atoms. The maximum absolute atomic E-state index is 12.3. The minimum absolute atomic E-state index is 0.00906. The van der Waals surface area contributed by atoms with Crippen molar-refractivity contribution in [3.8, 4) is 17.1 Å². The molecule has 0 amide bonds. The van der Waals surface area contributed by atoms with Gasteiger partial charge in [0.2, 0.25) is 0 Å². The molecule has 1 heterocycles. The van der Waals surface area contributed by atoms with Crippen LogP contribution in [0.1, 0.15) is 51.0 Å². The van der Waals surface area contributed by atoms with E-state index >= 15 is 0 Å². The maximum Gasteiger partial charge on any atom is 0.191 e. The molecule has 3 aromatic rings. The summed E-state index contributed by atoms with van der Waals surface area (Å²) >= 11 is 0. The van der Waals surface area contributed by atoms with E-state index in [9.17, 15) is 4.79 Å². The Bertz CT molecular complexity index is 891. The second-order valence-corrected chi connectivity index (χ2v) is 7.52. The Morgan fingerprint density at radius 3 is 2.43 bits per heavy atom. The van der Waals surface area contributed by atoms with Gasteiger partial charge in [0.15, 0.2) is 11.6 Å². The summed E-state index contributed by atoms with van der Waals surface area (Å²) in [5.74, 6) is 1.19. The van der Waals surface area contributed by atoms with E-state index in [0.29, 0.717) is 11.6 Å². The average Bonchev–Trinajstić information content (AvgIpc) is 3.24. The molecule has 1 aromatic heterocycles. The number of hydrogen-bond donors (Lipinski definition) is 0. The maximum atomic E-state index is 12.3. The Morgan fingerprint density at radius 1 is 0.933 bits per heavy atom. The number of aromatic nitrogens is 4. The molecule has 30 heavy (non-hydrogen) atoms. The first kappa shape index (κ1) is 21.7. The zero-order valence-corrected chi connectivity index (χ0v) is 17.7. The molecule has 0 aliphatic rings. The molecule has 0 saturated heterocycles. The van der Waals surface area contributed by atoms with Gasteiger partial charge in [0.25, 0.3) is 0 Å². The third kappa shape index (κ3) is 6.79. The molecule has 6 nitrogen and oxygen atoms in total. The highest BCUT2D eigenvalue weighted by Gasteiger charge is 2.12. The van der Waals surface area contributed by atoms with Gasteiger partial charge in [-0.25, -0.2) is 4.68 Å². The first-order valence-electron chi connectivity index (χ1n) is 10.8. The average molecular weight is 407 g/mol. The Balaban J connectivity index is 1.42. The van der Waals surface area contributed by atoms with Crippen LogP contribution >= 0.6 is 0 Å². The molecule has 0 aliphatic carbocycles. The van der Waals surface area contributed by atoms with E-state index in [1.54, 1.807) is 0 Å². The molecule has 0 N–H and O–H groups in total. The highest BCUT2D eigenvalue weighted by Crippen LogP contribution is 2.16. The highest BCUT2D eigenvalue weighted by molar-refractivity contribution is 5.80. The summed E-state index contributed by atoms with van der Waals surface area (Å²) < 4.78 is 7.16. The number of ketones is 1. The molecule has 0 fully saturated rings. The SMILES string of the molecule is CCCCCCCCc1ccc(OCC(=O)Cn2nnnc2-c2ccccc2)cc1. The molecule has 0 atom stereocenters. The summed E-state index contributed by atoms with van der Waals surface area (Å²) in [5, 5.41) is 11.6. The van der Waals surface area contributed by atoms with Gasteiger partial charge in [-0.2, -0.15) is 0 Å². The highest BCUT2D eigenvalue weighted by atomic mass is 16.5. The fraction of sp³-hybridized carbons (Fsp3) is 0.417. The number of unbranched alkanes of at least 4 members (excludes halogenated alkanes) is 5. The predicted molar refractivity (Wildman–Crippen MR) is 117 cm³/mol. The molecular formula is C24H30N4O2. The number of ether oxygens (including phenoxy) is 1. The lowest BCUT2D eigenvalue weighted by molar-refractivity contribution is -0.121. The molecule has 6 heteroatoms. The van der Waals surface area contributed by atoms with E-state index in [4.69, 9.17) is 4.74 Å². The van der Waals surface area contributed by atoms with Crippen LogP contribution in [0, 0.1) is 0 Å². The number of hydrogen-bond acceptors (Lipinski definition) is 5. The molecule has 3 rings (SSSR count). The van der Waals surface area contributed by atoms with Crippen LogP contribution in [0.3, 0.4) is 0 Å². The monoisotopic (exact) mass is 406 g/mol. The van der Waals surface area contributed by atoms with Crippen molar-refractivity contribution in [2.75, 3.05) is 6.61 Å². The predicted octanol–water partition coefficient (Wildman–Crippen LogP) is 4.89. The van der Waals surface area contributed by atoms with Gasteiger partial charge < -0.3 is 4.74 Å². The first-order chi connectivity index (χ1) is 14.8. The van der Waals surface area contributed by atoms with Crippen LogP contribution < -0.4 is 4.74 Å². The summed E-state index contributed by atoms with van der Waals surface area (Å²) in [6.07, 6.45) is 8.89. The van der Waals surface area contributed by atoms with E-state index in [0.717, 1.165) is 12.0 Å². The second kappa shape index (κ2) is 11.9. The summed E-state index contributed by atoms with van der Waals surface area (Å²) in [6, 6.07) is 17.6. The minimum Gasteiger partial charge on any atom is -0.486 e. The lowest BCUT2D eigenvalue weighted by Gasteiger charge is -2.08. The van der Waals surface area contributed by atoms with Crippen molar-refractivity contribution >= 4 is 5.78 Å². The van der Waals surface area contributed by atoms with E-state index in [2.05, 4.69) is 34.6 Å². The van der Waals surface area contributed by atoms with Gasteiger partial charge in [0.1, 0.15) is 18.9 Å². The molecular weight excluding hydrogens is 376 g/mol. The van der Waals surface area contributed by atoms with Crippen LogP contribution in [0.5, 0.6) is 5.75 Å². The third-order valence-electron chi connectivity index (χ3n) is 5.03. The summed E-state index contributed by atoms with van der Waals surface area (Å²) in [5.41, 5.74) is 2.18. The van der Waals surface area contributed by atoms with Gasteiger partial charge in [0, 0.05) is 5.56 Å². The standard InChI is InChI=1S/C24H30N4O2/c1-2-3-4-5-6-8-11-20-14-16-23(17-15-20)30-19-22(29)18-28-24(25-26-27-28)21-12-9-7-10-13-21/h7,9-10,12-17H,2-6,8,11,18-19H2,1H3. The largest absolute Gasteiger partial charge is 0.486 e.